The highest BCUT2D eigenvalue weighted by atomic mass is 79.9. The quantitative estimate of drug-likeness (QED) is 0.805. The minimum atomic E-state index is -0.378. The summed E-state index contributed by atoms with van der Waals surface area (Å²) in [6.07, 6.45) is 0.493. The summed E-state index contributed by atoms with van der Waals surface area (Å²) in [6.45, 7) is 0.413. The summed E-state index contributed by atoms with van der Waals surface area (Å²) in [7, 11) is 0. The van der Waals surface area contributed by atoms with Crippen LogP contribution in [0.3, 0.4) is 0 Å². The summed E-state index contributed by atoms with van der Waals surface area (Å²) >= 11 is 8.81. The molecule has 0 unspecified atom stereocenters. The second kappa shape index (κ2) is 4.21. The number of hydrogen-bond acceptors (Lipinski definition) is 1. The molecular weight excluding hydrogens is 244 g/mol. The van der Waals surface area contributed by atoms with Crippen molar-refractivity contribution in [3.63, 3.8) is 0 Å². The lowest BCUT2D eigenvalue weighted by molar-refractivity contribution is 0.608. The average molecular weight is 253 g/mol. The summed E-state index contributed by atoms with van der Waals surface area (Å²) in [6, 6.07) is 3.23. The van der Waals surface area contributed by atoms with Crippen molar-refractivity contribution in [1.82, 2.24) is 0 Å². The number of nitrogens with two attached hydrogens (primary N) is 1. The van der Waals surface area contributed by atoms with Gasteiger partial charge < -0.3 is 5.73 Å². The van der Waals surface area contributed by atoms with Crippen molar-refractivity contribution >= 4 is 27.5 Å². The Labute approximate surface area is 83.8 Å². The molecule has 0 atom stereocenters. The molecular formula is C8H8BrClFN. The second-order valence-electron chi connectivity index (χ2n) is 2.36. The van der Waals surface area contributed by atoms with Gasteiger partial charge in [0.05, 0.1) is 5.02 Å². The predicted octanol–water partition coefficient (Wildman–Crippen LogP) is 2.74. The molecule has 4 heteroatoms. The number of rotatable bonds is 2. The molecule has 2 N–H and O–H groups in total. The molecule has 0 saturated heterocycles. The van der Waals surface area contributed by atoms with Crippen molar-refractivity contribution in [3.05, 3.63) is 33.0 Å². The van der Waals surface area contributed by atoms with Crippen molar-refractivity contribution in [2.75, 3.05) is 6.54 Å². The molecule has 66 valence electrons. The standard InChI is InChI=1S/C8H8BrClFN/c9-6-1-2-7(10)8(11)5(6)3-4-12/h1-2H,3-4,12H2. The third kappa shape index (κ3) is 1.97. The van der Waals surface area contributed by atoms with E-state index in [2.05, 4.69) is 15.9 Å². The van der Waals surface area contributed by atoms with Gasteiger partial charge in [-0.25, -0.2) is 4.39 Å². The van der Waals surface area contributed by atoms with Gasteiger partial charge in [0.25, 0.3) is 0 Å². The fraction of sp³-hybridized carbons (Fsp3) is 0.250. The number of benzene rings is 1. The normalized spacial score (nSPS) is 10.3. The predicted molar refractivity (Wildman–Crippen MR) is 51.9 cm³/mol. The Bertz CT molecular complexity index is 291. The highest BCUT2D eigenvalue weighted by Gasteiger charge is 2.09. The van der Waals surface area contributed by atoms with Gasteiger partial charge in [-0.15, -0.1) is 0 Å². The van der Waals surface area contributed by atoms with Crippen LogP contribution in [0.15, 0.2) is 16.6 Å². The maximum atomic E-state index is 13.2. The van der Waals surface area contributed by atoms with Crippen LogP contribution in [-0.2, 0) is 6.42 Å². The molecule has 0 aliphatic rings. The lowest BCUT2D eigenvalue weighted by Gasteiger charge is -2.05. The summed E-state index contributed by atoms with van der Waals surface area (Å²) in [5.74, 6) is -0.378. The molecule has 1 aromatic rings. The second-order valence-corrected chi connectivity index (χ2v) is 3.62. The molecule has 1 nitrogen and oxygen atoms in total. The molecule has 12 heavy (non-hydrogen) atoms. The monoisotopic (exact) mass is 251 g/mol. The zero-order valence-corrected chi connectivity index (χ0v) is 8.62. The zero-order chi connectivity index (χ0) is 9.14. The summed E-state index contributed by atoms with van der Waals surface area (Å²) in [5.41, 5.74) is 5.86. The van der Waals surface area contributed by atoms with Crippen LogP contribution < -0.4 is 5.73 Å². The van der Waals surface area contributed by atoms with Crippen molar-refractivity contribution in [2.45, 2.75) is 6.42 Å². The summed E-state index contributed by atoms with van der Waals surface area (Å²) in [4.78, 5) is 0. The molecule has 0 fully saturated rings. The Hall–Kier alpha value is -0.120. The molecule has 0 aliphatic carbocycles. The fourth-order valence-electron chi connectivity index (χ4n) is 0.943. The van der Waals surface area contributed by atoms with Crippen LogP contribution in [0.2, 0.25) is 5.02 Å². The van der Waals surface area contributed by atoms with Crippen LogP contribution in [0.1, 0.15) is 5.56 Å². The molecule has 0 heterocycles. The van der Waals surface area contributed by atoms with Crippen LogP contribution in [-0.4, -0.2) is 6.54 Å². The first-order chi connectivity index (χ1) is 5.66. The number of halogens is 3. The van der Waals surface area contributed by atoms with E-state index in [-0.39, 0.29) is 10.8 Å². The minimum Gasteiger partial charge on any atom is -0.330 e. The molecule has 0 amide bonds. The van der Waals surface area contributed by atoms with E-state index >= 15 is 0 Å². The summed E-state index contributed by atoms with van der Waals surface area (Å²) < 4.78 is 13.9. The first-order valence-corrected chi connectivity index (χ1v) is 4.66. The smallest absolute Gasteiger partial charge is 0.146 e. The maximum absolute atomic E-state index is 13.2. The molecule has 0 aliphatic heterocycles. The SMILES string of the molecule is NCCc1c(Br)ccc(Cl)c1F. The van der Waals surface area contributed by atoms with Crippen molar-refractivity contribution in [3.8, 4) is 0 Å². The average Bonchev–Trinajstić information content (AvgIpc) is 2.06. The largest absolute Gasteiger partial charge is 0.330 e. The lowest BCUT2D eigenvalue weighted by atomic mass is 10.1. The van der Waals surface area contributed by atoms with Gasteiger partial charge in [0.1, 0.15) is 5.82 Å². The Morgan fingerprint density at radius 2 is 2.17 bits per heavy atom. The van der Waals surface area contributed by atoms with Crippen molar-refractivity contribution < 1.29 is 4.39 Å². The van der Waals surface area contributed by atoms with Crippen LogP contribution in [0.5, 0.6) is 0 Å². The molecule has 0 spiro atoms. The summed E-state index contributed by atoms with van der Waals surface area (Å²) in [5, 5.41) is 0.140. The Kier molecular flexibility index (Phi) is 3.50. The van der Waals surface area contributed by atoms with E-state index in [0.29, 0.717) is 18.5 Å². The van der Waals surface area contributed by atoms with Gasteiger partial charge in [-0.05, 0) is 25.1 Å². The first kappa shape index (κ1) is 9.96. The molecule has 1 rings (SSSR count). The van der Waals surface area contributed by atoms with Crippen LogP contribution >= 0.6 is 27.5 Å². The lowest BCUT2D eigenvalue weighted by Crippen LogP contribution is -2.05. The highest BCUT2D eigenvalue weighted by molar-refractivity contribution is 9.10. The minimum absolute atomic E-state index is 0.140. The van der Waals surface area contributed by atoms with Crippen LogP contribution in [0.25, 0.3) is 0 Å². The third-order valence-electron chi connectivity index (χ3n) is 1.53. The Balaban J connectivity index is 3.14. The van der Waals surface area contributed by atoms with Gasteiger partial charge in [-0.3, -0.25) is 0 Å². The fourth-order valence-corrected chi connectivity index (χ4v) is 1.62. The number of hydrogen-bond donors (Lipinski definition) is 1. The van der Waals surface area contributed by atoms with Crippen LogP contribution in [0, 0.1) is 5.82 Å². The van der Waals surface area contributed by atoms with Crippen molar-refractivity contribution in [1.29, 1.82) is 0 Å². The molecule has 0 bridgehead atoms. The van der Waals surface area contributed by atoms with Gasteiger partial charge in [0.2, 0.25) is 0 Å². The van der Waals surface area contributed by atoms with Gasteiger partial charge in [-0.2, -0.15) is 0 Å². The van der Waals surface area contributed by atoms with E-state index in [1.807, 2.05) is 0 Å². The topological polar surface area (TPSA) is 26.0 Å². The van der Waals surface area contributed by atoms with Crippen LogP contribution in [0.4, 0.5) is 4.39 Å². The van der Waals surface area contributed by atoms with E-state index in [1.165, 1.54) is 6.07 Å². The highest BCUT2D eigenvalue weighted by Crippen LogP contribution is 2.25. The van der Waals surface area contributed by atoms with Gasteiger partial charge in [0, 0.05) is 10.0 Å². The molecule has 0 aromatic heterocycles. The van der Waals surface area contributed by atoms with E-state index in [4.69, 9.17) is 17.3 Å². The third-order valence-corrected chi connectivity index (χ3v) is 2.57. The zero-order valence-electron chi connectivity index (χ0n) is 6.28. The van der Waals surface area contributed by atoms with E-state index in [9.17, 15) is 4.39 Å². The van der Waals surface area contributed by atoms with E-state index in [1.54, 1.807) is 6.07 Å². The Morgan fingerprint density at radius 3 is 2.75 bits per heavy atom. The molecule has 1 aromatic carbocycles. The van der Waals surface area contributed by atoms with Gasteiger partial charge in [0.15, 0.2) is 0 Å². The van der Waals surface area contributed by atoms with Gasteiger partial charge >= 0.3 is 0 Å². The molecule has 0 radical (unpaired) electrons. The first-order valence-electron chi connectivity index (χ1n) is 3.49. The van der Waals surface area contributed by atoms with Gasteiger partial charge in [-0.1, -0.05) is 27.5 Å². The maximum Gasteiger partial charge on any atom is 0.146 e. The Morgan fingerprint density at radius 1 is 1.50 bits per heavy atom. The van der Waals surface area contributed by atoms with Crippen molar-refractivity contribution in [2.24, 2.45) is 5.73 Å². The molecule has 0 saturated carbocycles. The van der Waals surface area contributed by atoms with E-state index in [0.717, 1.165) is 4.47 Å². The van der Waals surface area contributed by atoms with E-state index < -0.39 is 0 Å².